The van der Waals surface area contributed by atoms with Gasteiger partial charge in [-0.1, -0.05) is 67.4 Å². The molecule has 1 aromatic rings. The quantitative estimate of drug-likeness (QED) is 0.708. The van der Waals surface area contributed by atoms with E-state index in [1.165, 1.54) is 30.4 Å². The van der Waals surface area contributed by atoms with Gasteiger partial charge in [0, 0.05) is 24.5 Å². The number of hydrogen-bond donors (Lipinski definition) is 0. The van der Waals surface area contributed by atoms with Crippen LogP contribution in [0.5, 0.6) is 0 Å². The van der Waals surface area contributed by atoms with E-state index in [-0.39, 0.29) is 5.41 Å². The molecule has 1 fully saturated rings. The Hall–Kier alpha value is -0.340. The van der Waals surface area contributed by atoms with Crippen LogP contribution in [0.4, 0.5) is 0 Å². The summed E-state index contributed by atoms with van der Waals surface area (Å²) in [5.74, 6) is 0. The van der Waals surface area contributed by atoms with Crippen molar-refractivity contribution >= 4 is 15.9 Å². The van der Waals surface area contributed by atoms with Crippen molar-refractivity contribution in [1.29, 1.82) is 0 Å². The molecule has 0 saturated heterocycles. The third kappa shape index (κ3) is 4.06. The van der Waals surface area contributed by atoms with Crippen molar-refractivity contribution in [3.63, 3.8) is 0 Å². The molecular formula is C17H26BrN. The maximum absolute atomic E-state index is 3.58. The van der Waals surface area contributed by atoms with Gasteiger partial charge in [-0.25, -0.2) is 0 Å². The maximum atomic E-state index is 3.58. The van der Waals surface area contributed by atoms with Crippen LogP contribution >= 0.6 is 15.9 Å². The SMILES string of the molecule is CC(C)(C)c1ccc(CN(CCBr)C2CCC2)cc1. The van der Waals surface area contributed by atoms with Gasteiger partial charge in [-0.2, -0.15) is 0 Å². The topological polar surface area (TPSA) is 3.24 Å². The smallest absolute Gasteiger partial charge is 0.0237 e. The molecule has 19 heavy (non-hydrogen) atoms. The van der Waals surface area contributed by atoms with Crippen LogP contribution in [0.2, 0.25) is 0 Å². The third-order valence-electron chi connectivity index (χ3n) is 4.17. The van der Waals surface area contributed by atoms with Crippen molar-refractivity contribution in [2.75, 3.05) is 11.9 Å². The molecule has 1 aliphatic carbocycles. The van der Waals surface area contributed by atoms with Gasteiger partial charge in [-0.3, -0.25) is 4.90 Å². The third-order valence-corrected chi connectivity index (χ3v) is 4.52. The van der Waals surface area contributed by atoms with E-state index in [1.807, 2.05) is 0 Å². The summed E-state index contributed by atoms with van der Waals surface area (Å²) in [7, 11) is 0. The van der Waals surface area contributed by atoms with E-state index in [1.54, 1.807) is 0 Å². The number of hydrogen-bond acceptors (Lipinski definition) is 1. The molecule has 0 heterocycles. The summed E-state index contributed by atoms with van der Waals surface area (Å²) < 4.78 is 0. The molecule has 0 unspecified atom stereocenters. The highest BCUT2D eigenvalue weighted by Gasteiger charge is 2.24. The molecular weight excluding hydrogens is 298 g/mol. The molecule has 1 nitrogen and oxygen atoms in total. The molecule has 2 rings (SSSR count). The van der Waals surface area contributed by atoms with Gasteiger partial charge in [0.2, 0.25) is 0 Å². The maximum Gasteiger partial charge on any atom is 0.0237 e. The van der Waals surface area contributed by atoms with Crippen molar-refractivity contribution in [3.8, 4) is 0 Å². The van der Waals surface area contributed by atoms with E-state index in [9.17, 15) is 0 Å². The first kappa shape index (κ1) is 15.1. The van der Waals surface area contributed by atoms with E-state index < -0.39 is 0 Å². The van der Waals surface area contributed by atoms with Gasteiger partial charge in [-0.05, 0) is 29.4 Å². The lowest BCUT2D eigenvalue weighted by molar-refractivity contribution is 0.128. The van der Waals surface area contributed by atoms with Gasteiger partial charge < -0.3 is 0 Å². The highest BCUT2D eigenvalue weighted by molar-refractivity contribution is 9.09. The lowest BCUT2D eigenvalue weighted by Gasteiger charge is -2.37. The largest absolute Gasteiger partial charge is 0.295 e. The lowest BCUT2D eigenvalue weighted by Crippen LogP contribution is -2.40. The molecule has 0 aliphatic heterocycles. The molecule has 0 aromatic heterocycles. The first-order chi connectivity index (χ1) is 9.00. The molecule has 106 valence electrons. The van der Waals surface area contributed by atoms with E-state index in [2.05, 4.69) is 65.9 Å². The van der Waals surface area contributed by atoms with Crippen LogP contribution in [0.1, 0.15) is 51.2 Å². The van der Waals surface area contributed by atoms with Crippen molar-refractivity contribution in [2.24, 2.45) is 0 Å². The predicted molar refractivity (Wildman–Crippen MR) is 87.0 cm³/mol. The van der Waals surface area contributed by atoms with Crippen molar-refractivity contribution < 1.29 is 0 Å². The summed E-state index contributed by atoms with van der Waals surface area (Å²) in [5, 5.41) is 1.07. The Morgan fingerprint density at radius 3 is 2.21 bits per heavy atom. The molecule has 1 aliphatic rings. The Morgan fingerprint density at radius 1 is 1.16 bits per heavy atom. The van der Waals surface area contributed by atoms with E-state index in [0.717, 1.165) is 24.5 Å². The summed E-state index contributed by atoms with van der Waals surface area (Å²) in [6.07, 6.45) is 4.17. The highest BCUT2D eigenvalue weighted by Crippen LogP contribution is 2.27. The van der Waals surface area contributed by atoms with Crippen LogP contribution < -0.4 is 0 Å². The highest BCUT2D eigenvalue weighted by atomic mass is 79.9. The average molecular weight is 324 g/mol. The lowest BCUT2D eigenvalue weighted by atomic mass is 9.86. The number of benzene rings is 1. The zero-order valence-electron chi connectivity index (χ0n) is 12.5. The zero-order chi connectivity index (χ0) is 13.9. The van der Waals surface area contributed by atoms with Crippen LogP contribution in [0.25, 0.3) is 0 Å². The van der Waals surface area contributed by atoms with Crippen molar-refractivity contribution in [1.82, 2.24) is 4.90 Å². The fourth-order valence-electron chi connectivity index (χ4n) is 2.60. The standard InChI is InChI=1S/C17H26BrN/c1-17(2,3)15-9-7-14(8-10-15)13-19(12-11-18)16-5-4-6-16/h7-10,16H,4-6,11-13H2,1-3H3. The summed E-state index contributed by atoms with van der Waals surface area (Å²) >= 11 is 3.58. The van der Waals surface area contributed by atoms with Crippen LogP contribution in [0, 0.1) is 0 Å². The molecule has 0 amide bonds. The number of nitrogens with zero attached hydrogens (tertiary/aromatic N) is 1. The van der Waals surface area contributed by atoms with Gasteiger partial charge in [0.15, 0.2) is 0 Å². The molecule has 0 spiro atoms. The van der Waals surface area contributed by atoms with E-state index in [0.29, 0.717) is 0 Å². The van der Waals surface area contributed by atoms with Crippen molar-refractivity contribution in [3.05, 3.63) is 35.4 Å². The normalized spacial score (nSPS) is 16.7. The van der Waals surface area contributed by atoms with Crippen molar-refractivity contribution in [2.45, 2.75) is 58.0 Å². The van der Waals surface area contributed by atoms with Gasteiger partial charge in [0.25, 0.3) is 0 Å². The number of halogens is 1. The second-order valence-corrected chi connectivity index (χ2v) is 7.48. The molecule has 0 N–H and O–H groups in total. The van der Waals surface area contributed by atoms with Gasteiger partial charge in [0.05, 0.1) is 0 Å². The second-order valence-electron chi connectivity index (χ2n) is 6.69. The zero-order valence-corrected chi connectivity index (χ0v) is 14.0. The Kier molecular flexibility index (Phi) is 5.08. The van der Waals surface area contributed by atoms with Crippen LogP contribution in [-0.2, 0) is 12.0 Å². The van der Waals surface area contributed by atoms with Crippen LogP contribution in [-0.4, -0.2) is 22.8 Å². The molecule has 0 radical (unpaired) electrons. The minimum atomic E-state index is 0.252. The molecule has 0 bridgehead atoms. The average Bonchev–Trinajstić information content (AvgIpc) is 2.26. The predicted octanol–water partition coefficient (Wildman–Crippen LogP) is 4.73. The Balaban J connectivity index is 2.00. The van der Waals surface area contributed by atoms with Crippen LogP contribution in [0.3, 0.4) is 0 Å². The first-order valence-electron chi connectivity index (χ1n) is 7.40. The summed E-state index contributed by atoms with van der Waals surface area (Å²) in [5.41, 5.74) is 3.12. The van der Waals surface area contributed by atoms with Gasteiger partial charge in [-0.15, -0.1) is 0 Å². The fraction of sp³-hybridized carbons (Fsp3) is 0.647. The minimum absolute atomic E-state index is 0.252. The first-order valence-corrected chi connectivity index (χ1v) is 8.52. The monoisotopic (exact) mass is 323 g/mol. The van der Waals surface area contributed by atoms with Crippen LogP contribution in [0.15, 0.2) is 24.3 Å². The molecule has 2 heteroatoms. The summed E-state index contributed by atoms with van der Waals surface area (Å²) in [6.45, 7) is 9.07. The molecule has 1 saturated carbocycles. The fourth-order valence-corrected chi connectivity index (χ4v) is 3.05. The van der Waals surface area contributed by atoms with E-state index in [4.69, 9.17) is 0 Å². The van der Waals surface area contributed by atoms with Gasteiger partial charge >= 0.3 is 0 Å². The summed E-state index contributed by atoms with van der Waals surface area (Å²) in [6, 6.07) is 10.0. The molecule has 1 aromatic carbocycles. The Morgan fingerprint density at radius 2 is 1.79 bits per heavy atom. The number of alkyl halides is 1. The van der Waals surface area contributed by atoms with Gasteiger partial charge in [0.1, 0.15) is 0 Å². The Bertz CT molecular complexity index is 387. The molecule has 0 atom stereocenters. The van der Waals surface area contributed by atoms with E-state index >= 15 is 0 Å². The minimum Gasteiger partial charge on any atom is -0.295 e. The Labute approximate surface area is 126 Å². The second kappa shape index (κ2) is 6.41. The number of rotatable bonds is 5. The summed E-state index contributed by atoms with van der Waals surface area (Å²) in [4.78, 5) is 2.63.